The molecule has 4 rings (SSSR count). The predicted molar refractivity (Wildman–Crippen MR) is 114 cm³/mol. The fourth-order valence-corrected chi connectivity index (χ4v) is 5.91. The van der Waals surface area contributed by atoms with Gasteiger partial charge in [-0.15, -0.1) is 0 Å². The summed E-state index contributed by atoms with van der Waals surface area (Å²) in [6, 6.07) is 7.62. The van der Waals surface area contributed by atoms with Gasteiger partial charge in [0.25, 0.3) is 0 Å². The van der Waals surface area contributed by atoms with Crippen LogP contribution in [0.15, 0.2) is 30.6 Å². The zero-order valence-corrected chi connectivity index (χ0v) is 18.4. The van der Waals surface area contributed by atoms with Crippen molar-refractivity contribution in [3.8, 4) is 11.4 Å². The Balaban J connectivity index is 1.36. The van der Waals surface area contributed by atoms with Gasteiger partial charge in [-0.3, -0.25) is 14.3 Å². The van der Waals surface area contributed by atoms with Crippen molar-refractivity contribution in [3.05, 3.63) is 35.4 Å². The van der Waals surface area contributed by atoms with Crippen LogP contribution in [0.4, 0.5) is 0 Å². The summed E-state index contributed by atoms with van der Waals surface area (Å²) in [7, 11) is -1.43. The first-order valence-electron chi connectivity index (χ1n) is 9.87. The number of benzene rings is 1. The minimum absolute atomic E-state index is 0.0110. The molecule has 2 fully saturated rings. The van der Waals surface area contributed by atoms with E-state index in [1.807, 2.05) is 28.8 Å². The number of hydrogen-bond donors (Lipinski definition) is 0. The van der Waals surface area contributed by atoms with Gasteiger partial charge >= 0.3 is 0 Å². The molecule has 3 heterocycles. The van der Waals surface area contributed by atoms with Gasteiger partial charge in [0.05, 0.1) is 36.9 Å². The van der Waals surface area contributed by atoms with Crippen molar-refractivity contribution < 1.29 is 17.9 Å². The number of amides is 1. The standard InChI is InChI=1S/C19H25N5O4S2/c1-28-17-4-2-3-16(11-17)23-13-20-24(19(23)29)14-21-6-8-22(9-7-21)18(25)15-5-10-30(26,27)12-15/h2-4,11,13,15H,5-10,12,14H2,1H3/t15-/m1/s1. The van der Waals surface area contributed by atoms with E-state index in [4.69, 9.17) is 17.0 Å². The maximum absolute atomic E-state index is 12.6. The van der Waals surface area contributed by atoms with Gasteiger partial charge in [-0.1, -0.05) is 6.07 Å². The van der Waals surface area contributed by atoms with Gasteiger partial charge in [-0.2, -0.15) is 5.10 Å². The molecule has 0 aliphatic carbocycles. The van der Waals surface area contributed by atoms with Crippen LogP contribution in [0.3, 0.4) is 0 Å². The van der Waals surface area contributed by atoms with Crippen molar-refractivity contribution in [2.75, 3.05) is 44.8 Å². The highest BCUT2D eigenvalue weighted by atomic mass is 32.2. The molecule has 0 saturated carbocycles. The first kappa shape index (κ1) is 21.0. The minimum Gasteiger partial charge on any atom is -0.497 e. The summed E-state index contributed by atoms with van der Waals surface area (Å²) in [5.74, 6) is 0.446. The average molecular weight is 452 g/mol. The fourth-order valence-electron chi connectivity index (χ4n) is 3.92. The molecule has 2 aliphatic rings. The fraction of sp³-hybridized carbons (Fsp3) is 0.526. The van der Waals surface area contributed by atoms with Crippen molar-refractivity contribution >= 4 is 28.0 Å². The van der Waals surface area contributed by atoms with Gasteiger partial charge in [0.1, 0.15) is 12.1 Å². The van der Waals surface area contributed by atoms with E-state index in [0.717, 1.165) is 11.4 Å². The first-order valence-corrected chi connectivity index (χ1v) is 12.1. The summed E-state index contributed by atoms with van der Waals surface area (Å²) in [5, 5.41) is 4.42. The zero-order valence-electron chi connectivity index (χ0n) is 16.8. The molecule has 0 radical (unpaired) electrons. The lowest BCUT2D eigenvalue weighted by Gasteiger charge is -2.35. The van der Waals surface area contributed by atoms with Crippen LogP contribution in [0.1, 0.15) is 6.42 Å². The van der Waals surface area contributed by atoms with E-state index in [1.54, 1.807) is 23.0 Å². The number of nitrogens with zero attached hydrogens (tertiary/aromatic N) is 5. The Bertz CT molecular complexity index is 1090. The molecule has 2 saturated heterocycles. The minimum atomic E-state index is -3.05. The van der Waals surface area contributed by atoms with E-state index in [1.165, 1.54) is 0 Å². The molecule has 2 aliphatic heterocycles. The normalized spacial score (nSPS) is 21.6. The van der Waals surface area contributed by atoms with Gasteiger partial charge in [0.2, 0.25) is 10.7 Å². The molecule has 9 nitrogen and oxygen atoms in total. The molecule has 30 heavy (non-hydrogen) atoms. The predicted octanol–water partition coefficient (Wildman–Crippen LogP) is 0.948. The molecule has 1 aromatic heterocycles. The number of rotatable bonds is 5. The van der Waals surface area contributed by atoms with E-state index in [0.29, 0.717) is 44.0 Å². The van der Waals surface area contributed by atoms with Crippen molar-refractivity contribution in [2.24, 2.45) is 5.92 Å². The molecule has 11 heteroatoms. The molecule has 0 N–H and O–H groups in total. The van der Waals surface area contributed by atoms with Crippen LogP contribution < -0.4 is 4.74 Å². The van der Waals surface area contributed by atoms with E-state index in [2.05, 4.69) is 10.00 Å². The van der Waals surface area contributed by atoms with Crippen molar-refractivity contribution in [1.29, 1.82) is 0 Å². The number of carbonyl (C=O) groups excluding carboxylic acids is 1. The largest absolute Gasteiger partial charge is 0.497 e. The smallest absolute Gasteiger partial charge is 0.226 e. The molecule has 0 spiro atoms. The van der Waals surface area contributed by atoms with Crippen molar-refractivity contribution in [1.82, 2.24) is 24.1 Å². The van der Waals surface area contributed by atoms with E-state index in [-0.39, 0.29) is 23.3 Å². The lowest BCUT2D eigenvalue weighted by Crippen LogP contribution is -2.50. The van der Waals surface area contributed by atoms with Gasteiger partial charge in [0.15, 0.2) is 9.84 Å². The number of piperazine rings is 1. The van der Waals surface area contributed by atoms with E-state index < -0.39 is 9.84 Å². The summed E-state index contributed by atoms with van der Waals surface area (Å²) < 4.78 is 32.7. The Hall–Kier alpha value is -2.24. The van der Waals surface area contributed by atoms with Gasteiger partial charge in [-0.25, -0.2) is 13.1 Å². The highest BCUT2D eigenvalue weighted by molar-refractivity contribution is 7.91. The van der Waals surface area contributed by atoms with Gasteiger partial charge in [-0.05, 0) is 30.8 Å². The number of hydrogen-bond acceptors (Lipinski definition) is 7. The lowest BCUT2D eigenvalue weighted by atomic mass is 10.1. The van der Waals surface area contributed by atoms with Crippen LogP contribution >= 0.6 is 12.2 Å². The Morgan fingerprint density at radius 1 is 1.27 bits per heavy atom. The first-order chi connectivity index (χ1) is 14.4. The Morgan fingerprint density at radius 3 is 2.70 bits per heavy atom. The average Bonchev–Trinajstić information content (AvgIpc) is 3.30. The van der Waals surface area contributed by atoms with Gasteiger partial charge in [0, 0.05) is 32.2 Å². The summed E-state index contributed by atoms with van der Waals surface area (Å²) in [5.41, 5.74) is 0.882. The number of carbonyl (C=O) groups is 1. The molecular formula is C19H25N5O4S2. The second-order valence-corrected chi connectivity index (χ2v) is 10.3. The number of methoxy groups -OCH3 is 1. The van der Waals surface area contributed by atoms with Gasteiger partial charge < -0.3 is 9.64 Å². The third-order valence-electron chi connectivity index (χ3n) is 5.66. The zero-order chi connectivity index (χ0) is 21.3. The maximum atomic E-state index is 12.6. The van der Waals surface area contributed by atoms with Crippen LogP contribution in [-0.2, 0) is 21.3 Å². The lowest BCUT2D eigenvalue weighted by molar-refractivity contribution is -0.136. The van der Waals surface area contributed by atoms with Crippen LogP contribution in [0.5, 0.6) is 5.75 Å². The molecule has 1 atom stereocenters. The third kappa shape index (κ3) is 4.42. The van der Waals surface area contributed by atoms with Crippen LogP contribution in [0.2, 0.25) is 0 Å². The molecular weight excluding hydrogens is 426 g/mol. The van der Waals surface area contributed by atoms with Crippen molar-refractivity contribution in [2.45, 2.75) is 13.1 Å². The second-order valence-electron chi connectivity index (χ2n) is 7.67. The van der Waals surface area contributed by atoms with Crippen LogP contribution in [-0.4, -0.2) is 83.3 Å². The molecule has 1 amide bonds. The van der Waals surface area contributed by atoms with Crippen molar-refractivity contribution in [3.63, 3.8) is 0 Å². The van der Waals surface area contributed by atoms with Crippen LogP contribution in [0.25, 0.3) is 5.69 Å². The summed E-state index contributed by atoms with van der Waals surface area (Å²) in [4.78, 5) is 16.6. The summed E-state index contributed by atoms with van der Waals surface area (Å²) in [6.45, 7) is 3.09. The quantitative estimate of drug-likeness (QED) is 0.625. The number of ether oxygens (including phenoxy) is 1. The number of aromatic nitrogens is 3. The summed E-state index contributed by atoms with van der Waals surface area (Å²) >= 11 is 5.59. The second kappa shape index (κ2) is 8.48. The highest BCUT2D eigenvalue weighted by Gasteiger charge is 2.36. The highest BCUT2D eigenvalue weighted by Crippen LogP contribution is 2.22. The third-order valence-corrected chi connectivity index (χ3v) is 7.84. The molecule has 2 aromatic rings. The summed E-state index contributed by atoms with van der Waals surface area (Å²) in [6.07, 6.45) is 2.13. The number of sulfone groups is 1. The van der Waals surface area contributed by atoms with Crippen LogP contribution in [0, 0.1) is 10.7 Å². The molecule has 0 unspecified atom stereocenters. The molecule has 0 bridgehead atoms. The molecule has 162 valence electrons. The molecule has 1 aromatic carbocycles. The maximum Gasteiger partial charge on any atom is 0.226 e. The Kier molecular flexibility index (Phi) is 5.94. The van der Waals surface area contributed by atoms with E-state index >= 15 is 0 Å². The Labute approximate surface area is 180 Å². The monoisotopic (exact) mass is 451 g/mol. The Morgan fingerprint density at radius 2 is 2.03 bits per heavy atom. The SMILES string of the molecule is COc1cccc(-n2cnn(CN3CCN(C(=O)[C@@H]4CCS(=O)(=O)C4)CC3)c2=S)c1. The van der Waals surface area contributed by atoms with E-state index in [9.17, 15) is 13.2 Å². The topological polar surface area (TPSA) is 89.7 Å².